The fourth-order valence-electron chi connectivity index (χ4n) is 1.37. The van der Waals surface area contributed by atoms with Gasteiger partial charge in [0, 0.05) is 19.0 Å². The van der Waals surface area contributed by atoms with E-state index < -0.39 is 0 Å². The first-order valence-corrected chi connectivity index (χ1v) is 6.24. The minimum absolute atomic E-state index is 0.288. The summed E-state index contributed by atoms with van der Waals surface area (Å²) in [5.74, 6) is 0.725. The standard InChI is InChI=1S/C10H12ClN3OS/c1-7(8-4-9(11)16-5-8)12-3-2-10-13-6-15-14-10/h4-7,12H,2-3H2,1H3. The SMILES string of the molecule is CC(NCCc1ncon1)c1csc(Cl)c1. The highest BCUT2D eigenvalue weighted by molar-refractivity contribution is 7.14. The Bertz CT molecular complexity index is 429. The number of nitrogens with zero attached hydrogens (tertiary/aromatic N) is 2. The van der Waals surface area contributed by atoms with Crippen molar-refractivity contribution in [2.45, 2.75) is 19.4 Å². The topological polar surface area (TPSA) is 51.0 Å². The Morgan fingerprint density at radius 2 is 2.50 bits per heavy atom. The van der Waals surface area contributed by atoms with Gasteiger partial charge in [-0.05, 0) is 23.9 Å². The molecule has 0 fully saturated rings. The molecule has 0 saturated heterocycles. The highest BCUT2D eigenvalue weighted by Crippen LogP contribution is 2.24. The number of hydrogen-bond donors (Lipinski definition) is 1. The maximum atomic E-state index is 5.88. The Hall–Kier alpha value is -0.910. The van der Waals surface area contributed by atoms with Gasteiger partial charge < -0.3 is 9.84 Å². The van der Waals surface area contributed by atoms with Crippen LogP contribution in [0.15, 0.2) is 22.4 Å². The maximum Gasteiger partial charge on any atom is 0.213 e. The van der Waals surface area contributed by atoms with Crippen molar-refractivity contribution in [3.05, 3.63) is 33.6 Å². The van der Waals surface area contributed by atoms with E-state index in [9.17, 15) is 0 Å². The van der Waals surface area contributed by atoms with Crippen molar-refractivity contribution in [1.29, 1.82) is 0 Å². The Kier molecular flexibility index (Phi) is 3.93. The van der Waals surface area contributed by atoms with Gasteiger partial charge in [-0.3, -0.25) is 0 Å². The fourth-order valence-corrected chi connectivity index (χ4v) is 2.36. The smallest absolute Gasteiger partial charge is 0.213 e. The first kappa shape index (κ1) is 11.6. The lowest BCUT2D eigenvalue weighted by Crippen LogP contribution is -2.21. The monoisotopic (exact) mass is 257 g/mol. The molecule has 2 rings (SSSR count). The van der Waals surface area contributed by atoms with Gasteiger partial charge in [-0.1, -0.05) is 16.8 Å². The fraction of sp³-hybridized carbons (Fsp3) is 0.400. The van der Waals surface area contributed by atoms with E-state index in [1.54, 1.807) is 11.3 Å². The second kappa shape index (κ2) is 5.43. The molecule has 0 aliphatic heterocycles. The Balaban J connectivity index is 1.78. The number of aromatic nitrogens is 2. The van der Waals surface area contributed by atoms with Crippen molar-refractivity contribution < 1.29 is 4.52 Å². The lowest BCUT2D eigenvalue weighted by Gasteiger charge is -2.10. The molecule has 2 heterocycles. The van der Waals surface area contributed by atoms with Crippen LogP contribution < -0.4 is 5.32 Å². The van der Waals surface area contributed by atoms with E-state index in [0.717, 1.165) is 23.1 Å². The van der Waals surface area contributed by atoms with Crippen LogP contribution in [0.5, 0.6) is 0 Å². The van der Waals surface area contributed by atoms with Crippen LogP contribution in [0.1, 0.15) is 24.4 Å². The van der Waals surface area contributed by atoms with E-state index in [0.29, 0.717) is 0 Å². The summed E-state index contributed by atoms with van der Waals surface area (Å²) in [5.41, 5.74) is 1.21. The van der Waals surface area contributed by atoms with E-state index in [2.05, 4.69) is 32.3 Å². The van der Waals surface area contributed by atoms with Crippen LogP contribution >= 0.6 is 22.9 Å². The number of thiophene rings is 1. The summed E-state index contributed by atoms with van der Waals surface area (Å²) in [7, 11) is 0. The summed E-state index contributed by atoms with van der Waals surface area (Å²) < 4.78 is 5.48. The van der Waals surface area contributed by atoms with E-state index in [4.69, 9.17) is 11.6 Å². The summed E-state index contributed by atoms with van der Waals surface area (Å²) >= 11 is 7.43. The van der Waals surface area contributed by atoms with Gasteiger partial charge >= 0.3 is 0 Å². The molecule has 0 aliphatic carbocycles. The van der Waals surface area contributed by atoms with E-state index >= 15 is 0 Å². The third-order valence-electron chi connectivity index (χ3n) is 2.29. The van der Waals surface area contributed by atoms with Crippen molar-refractivity contribution in [2.75, 3.05) is 6.54 Å². The highest BCUT2D eigenvalue weighted by Gasteiger charge is 2.07. The zero-order valence-electron chi connectivity index (χ0n) is 8.81. The Morgan fingerprint density at radius 3 is 3.12 bits per heavy atom. The van der Waals surface area contributed by atoms with Crippen LogP contribution in [0.3, 0.4) is 0 Å². The molecule has 6 heteroatoms. The van der Waals surface area contributed by atoms with Gasteiger partial charge in [0.25, 0.3) is 0 Å². The zero-order chi connectivity index (χ0) is 11.4. The number of rotatable bonds is 5. The summed E-state index contributed by atoms with van der Waals surface area (Å²) in [6.07, 6.45) is 2.11. The average molecular weight is 258 g/mol. The average Bonchev–Trinajstić information content (AvgIpc) is 2.89. The number of halogens is 1. The van der Waals surface area contributed by atoms with Crippen LogP contribution in [0.2, 0.25) is 4.34 Å². The molecule has 1 N–H and O–H groups in total. The molecule has 0 radical (unpaired) electrons. The van der Waals surface area contributed by atoms with E-state index in [1.807, 2.05) is 6.07 Å². The van der Waals surface area contributed by atoms with Crippen molar-refractivity contribution >= 4 is 22.9 Å². The van der Waals surface area contributed by atoms with Gasteiger partial charge in [-0.2, -0.15) is 4.98 Å². The normalized spacial score (nSPS) is 12.9. The third kappa shape index (κ3) is 3.04. The summed E-state index contributed by atoms with van der Waals surface area (Å²) in [4.78, 5) is 3.95. The molecular formula is C10H12ClN3OS. The Morgan fingerprint density at radius 1 is 1.62 bits per heavy atom. The van der Waals surface area contributed by atoms with Crippen molar-refractivity contribution in [2.24, 2.45) is 0 Å². The summed E-state index contributed by atoms with van der Waals surface area (Å²) in [6.45, 7) is 2.92. The number of hydrogen-bond acceptors (Lipinski definition) is 5. The second-order valence-corrected chi connectivity index (χ2v) is 5.00. The molecule has 2 aromatic heterocycles. The zero-order valence-corrected chi connectivity index (χ0v) is 10.4. The van der Waals surface area contributed by atoms with Gasteiger partial charge in [0.05, 0.1) is 4.34 Å². The first-order chi connectivity index (χ1) is 7.75. The largest absolute Gasteiger partial charge is 0.343 e. The molecule has 16 heavy (non-hydrogen) atoms. The van der Waals surface area contributed by atoms with Gasteiger partial charge in [0.1, 0.15) is 0 Å². The van der Waals surface area contributed by atoms with Crippen LogP contribution in [0, 0.1) is 0 Å². The molecular weight excluding hydrogens is 246 g/mol. The van der Waals surface area contributed by atoms with Crippen LogP contribution in [0.4, 0.5) is 0 Å². The molecule has 1 unspecified atom stereocenters. The molecule has 1 atom stereocenters. The first-order valence-electron chi connectivity index (χ1n) is 4.98. The lowest BCUT2D eigenvalue weighted by atomic mass is 10.2. The molecule has 0 amide bonds. The molecule has 86 valence electrons. The van der Waals surface area contributed by atoms with Gasteiger partial charge in [-0.15, -0.1) is 11.3 Å². The molecule has 4 nitrogen and oxygen atoms in total. The quantitative estimate of drug-likeness (QED) is 0.895. The predicted molar refractivity (Wildman–Crippen MR) is 63.7 cm³/mol. The Labute approximate surface area is 103 Å². The molecule has 0 aromatic carbocycles. The molecule has 2 aromatic rings. The minimum atomic E-state index is 0.288. The third-order valence-corrected chi connectivity index (χ3v) is 3.40. The van der Waals surface area contributed by atoms with Crippen LogP contribution in [0.25, 0.3) is 0 Å². The van der Waals surface area contributed by atoms with Gasteiger partial charge in [-0.25, -0.2) is 0 Å². The van der Waals surface area contributed by atoms with E-state index in [-0.39, 0.29) is 6.04 Å². The molecule has 0 saturated carbocycles. The minimum Gasteiger partial charge on any atom is -0.343 e. The summed E-state index contributed by atoms with van der Waals surface area (Å²) in [5, 5.41) is 9.19. The number of nitrogens with one attached hydrogen (secondary N) is 1. The van der Waals surface area contributed by atoms with Crippen molar-refractivity contribution in [1.82, 2.24) is 15.5 Å². The van der Waals surface area contributed by atoms with Crippen molar-refractivity contribution in [3.8, 4) is 0 Å². The van der Waals surface area contributed by atoms with E-state index in [1.165, 1.54) is 12.0 Å². The predicted octanol–water partition coefficient (Wildman–Crippen LogP) is 2.68. The van der Waals surface area contributed by atoms with Crippen molar-refractivity contribution in [3.63, 3.8) is 0 Å². The highest BCUT2D eigenvalue weighted by atomic mass is 35.5. The molecule has 0 bridgehead atoms. The van der Waals surface area contributed by atoms with Crippen LogP contribution in [-0.4, -0.2) is 16.7 Å². The van der Waals surface area contributed by atoms with Crippen LogP contribution in [-0.2, 0) is 6.42 Å². The molecule has 0 spiro atoms. The second-order valence-electron chi connectivity index (χ2n) is 3.46. The summed E-state index contributed by atoms with van der Waals surface area (Å²) in [6, 6.07) is 2.27. The lowest BCUT2D eigenvalue weighted by molar-refractivity contribution is 0.408. The maximum absolute atomic E-state index is 5.88. The van der Waals surface area contributed by atoms with Gasteiger partial charge in [0.2, 0.25) is 6.39 Å². The van der Waals surface area contributed by atoms with Gasteiger partial charge in [0.15, 0.2) is 5.82 Å². The molecule has 0 aliphatic rings.